The predicted molar refractivity (Wildman–Crippen MR) is 98.6 cm³/mol. The Balaban J connectivity index is 1.77. The molecule has 7 nitrogen and oxygen atoms in total. The number of aliphatic carboxylic acids is 1. The van der Waals surface area contributed by atoms with Gasteiger partial charge in [-0.1, -0.05) is 19.3 Å². The number of carboxylic acid groups (broad SMARTS) is 1. The Hall–Kier alpha value is -1.57. The van der Waals surface area contributed by atoms with E-state index in [2.05, 4.69) is 0 Å². The van der Waals surface area contributed by atoms with Gasteiger partial charge in [-0.3, -0.25) is 19.3 Å². The van der Waals surface area contributed by atoms with Gasteiger partial charge in [0, 0.05) is 32.2 Å². The minimum absolute atomic E-state index is 0.110. The Kier molecular flexibility index (Phi) is 7.49. The number of likely N-dealkylation sites (tertiary alicyclic amines) is 1. The maximum atomic E-state index is 12.5. The van der Waals surface area contributed by atoms with E-state index in [9.17, 15) is 19.2 Å². The van der Waals surface area contributed by atoms with Gasteiger partial charge in [0.15, 0.2) is 0 Å². The third-order valence-corrected chi connectivity index (χ3v) is 6.55. The SMILES string of the molecule is C[C@@H](C(=O)O)N(C)C(=O)CCSC1CC(=O)N(CC2CCCCC2)C1=O. The summed E-state index contributed by atoms with van der Waals surface area (Å²) in [6.07, 6.45) is 6.09. The van der Waals surface area contributed by atoms with Crippen LogP contribution in [0.5, 0.6) is 0 Å². The number of amides is 3. The Labute approximate surface area is 158 Å². The summed E-state index contributed by atoms with van der Waals surface area (Å²) in [6, 6.07) is -0.881. The van der Waals surface area contributed by atoms with Gasteiger partial charge in [0.1, 0.15) is 6.04 Å². The van der Waals surface area contributed by atoms with Crippen molar-refractivity contribution >= 4 is 35.5 Å². The summed E-state index contributed by atoms with van der Waals surface area (Å²) < 4.78 is 0. The summed E-state index contributed by atoms with van der Waals surface area (Å²) in [5.41, 5.74) is 0. The van der Waals surface area contributed by atoms with Gasteiger partial charge in [0.25, 0.3) is 0 Å². The molecule has 2 aliphatic rings. The molecule has 1 N–H and O–H groups in total. The highest BCUT2D eigenvalue weighted by molar-refractivity contribution is 8.00. The summed E-state index contributed by atoms with van der Waals surface area (Å²) >= 11 is 1.32. The predicted octanol–water partition coefficient (Wildman–Crippen LogP) is 1.75. The van der Waals surface area contributed by atoms with Crippen LogP contribution in [0.25, 0.3) is 0 Å². The van der Waals surface area contributed by atoms with Crippen LogP contribution in [0.3, 0.4) is 0 Å². The van der Waals surface area contributed by atoms with Crippen molar-refractivity contribution in [2.75, 3.05) is 19.3 Å². The van der Waals surface area contributed by atoms with Crippen molar-refractivity contribution < 1.29 is 24.3 Å². The minimum Gasteiger partial charge on any atom is -0.480 e. The van der Waals surface area contributed by atoms with Gasteiger partial charge in [0.2, 0.25) is 17.7 Å². The number of imide groups is 1. The first-order chi connectivity index (χ1) is 12.3. The van der Waals surface area contributed by atoms with E-state index in [1.54, 1.807) is 0 Å². The van der Waals surface area contributed by atoms with E-state index >= 15 is 0 Å². The number of rotatable bonds is 8. The van der Waals surface area contributed by atoms with Crippen molar-refractivity contribution in [2.24, 2.45) is 5.92 Å². The van der Waals surface area contributed by atoms with Gasteiger partial charge in [-0.25, -0.2) is 4.79 Å². The molecule has 0 aromatic rings. The second kappa shape index (κ2) is 9.39. The van der Waals surface area contributed by atoms with E-state index in [4.69, 9.17) is 5.11 Å². The van der Waals surface area contributed by atoms with Gasteiger partial charge < -0.3 is 10.0 Å². The number of carboxylic acids is 1. The first-order valence-electron chi connectivity index (χ1n) is 9.25. The van der Waals surface area contributed by atoms with Crippen molar-refractivity contribution in [1.29, 1.82) is 0 Å². The maximum absolute atomic E-state index is 12.5. The fourth-order valence-corrected chi connectivity index (χ4v) is 4.56. The van der Waals surface area contributed by atoms with Crippen LogP contribution in [0, 0.1) is 5.92 Å². The van der Waals surface area contributed by atoms with Gasteiger partial charge in [-0.2, -0.15) is 0 Å². The lowest BCUT2D eigenvalue weighted by Gasteiger charge is -2.26. The third kappa shape index (κ3) is 5.22. The van der Waals surface area contributed by atoms with Gasteiger partial charge in [-0.05, 0) is 25.7 Å². The lowest BCUT2D eigenvalue weighted by atomic mass is 9.89. The zero-order valence-corrected chi connectivity index (χ0v) is 16.3. The fraction of sp³-hybridized carbons (Fsp3) is 0.778. The van der Waals surface area contributed by atoms with Crippen molar-refractivity contribution in [3.05, 3.63) is 0 Å². The maximum Gasteiger partial charge on any atom is 0.326 e. The number of likely N-dealkylation sites (N-methyl/N-ethyl adjacent to an activating group) is 1. The summed E-state index contributed by atoms with van der Waals surface area (Å²) in [7, 11) is 1.46. The van der Waals surface area contributed by atoms with Gasteiger partial charge in [-0.15, -0.1) is 11.8 Å². The molecule has 0 radical (unpaired) electrons. The molecule has 1 aliphatic heterocycles. The first-order valence-corrected chi connectivity index (χ1v) is 10.3. The van der Waals surface area contributed by atoms with Crippen molar-refractivity contribution in [1.82, 2.24) is 9.80 Å². The minimum atomic E-state index is -1.05. The molecular weight excluding hydrogens is 356 g/mol. The number of hydrogen-bond donors (Lipinski definition) is 1. The molecule has 26 heavy (non-hydrogen) atoms. The average molecular weight is 384 g/mol. The molecule has 1 saturated heterocycles. The van der Waals surface area contributed by atoms with E-state index in [1.165, 1.54) is 54.8 Å². The number of thioether (sulfide) groups is 1. The highest BCUT2D eigenvalue weighted by atomic mass is 32.2. The molecule has 2 fully saturated rings. The van der Waals surface area contributed by atoms with Crippen molar-refractivity contribution in [3.8, 4) is 0 Å². The molecule has 2 rings (SSSR count). The molecule has 2 atom stereocenters. The van der Waals surface area contributed by atoms with Crippen LogP contribution >= 0.6 is 11.8 Å². The van der Waals surface area contributed by atoms with E-state index < -0.39 is 17.3 Å². The zero-order valence-electron chi connectivity index (χ0n) is 15.5. The third-order valence-electron chi connectivity index (χ3n) is 5.33. The smallest absolute Gasteiger partial charge is 0.326 e. The van der Waals surface area contributed by atoms with E-state index in [0.717, 1.165) is 12.8 Å². The Morgan fingerprint density at radius 2 is 1.92 bits per heavy atom. The van der Waals surface area contributed by atoms with Crippen LogP contribution in [-0.2, 0) is 19.2 Å². The standard InChI is InChI=1S/C18H28N2O5S/c1-12(18(24)25)19(2)15(21)8-9-26-14-10-16(22)20(17(14)23)11-13-6-4-3-5-7-13/h12-14H,3-11H2,1-2H3,(H,24,25)/t12-,14?/m0/s1. The number of hydrogen-bond acceptors (Lipinski definition) is 5. The highest BCUT2D eigenvalue weighted by Crippen LogP contribution is 2.30. The highest BCUT2D eigenvalue weighted by Gasteiger charge is 2.39. The summed E-state index contributed by atoms with van der Waals surface area (Å²) in [6.45, 7) is 1.99. The van der Waals surface area contributed by atoms with Crippen LogP contribution in [-0.4, -0.2) is 69.2 Å². The number of nitrogens with zero attached hydrogens (tertiary/aromatic N) is 2. The molecule has 1 aliphatic carbocycles. The lowest BCUT2D eigenvalue weighted by Crippen LogP contribution is -2.40. The molecule has 1 unspecified atom stereocenters. The van der Waals surface area contributed by atoms with Crippen molar-refractivity contribution in [3.63, 3.8) is 0 Å². The largest absolute Gasteiger partial charge is 0.480 e. The van der Waals surface area contributed by atoms with Crippen LogP contribution in [0.1, 0.15) is 51.9 Å². The topological polar surface area (TPSA) is 95.0 Å². The van der Waals surface area contributed by atoms with Crippen LogP contribution < -0.4 is 0 Å². The monoisotopic (exact) mass is 384 g/mol. The molecule has 3 amide bonds. The molecule has 8 heteroatoms. The molecule has 0 bridgehead atoms. The summed E-state index contributed by atoms with van der Waals surface area (Å²) in [5, 5.41) is 8.52. The summed E-state index contributed by atoms with van der Waals surface area (Å²) in [5.74, 6) is -0.748. The Morgan fingerprint density at radius 3 is 2.54 bits per heavy atom. The van der Waals surface area contributed by atoms with Crippen LogP contribution in [0.15, 0.2) is 0 Å². The fourth-order valence-electron chi connectivity index (χ4n) is 3.45. The number of carbonyl (C=O) groups is 4. The van der Waals surface area contributed by atoms with Gasteiger partial charge >= 0.3 is 5.97 Å². The van der Waals surface area contributed by atoms with Crippen LogP contribution in [0.2, 0.25) is 0 Å². The second-order valence-electron chi connectivity index (χ2n) is 7.18. The normalized spacial score (nSPS) is 22.5. The Bertz CT molecular complexity index is 562. The molecule has 1 saturated carbocycles. The molecular formula is C18H28N2O5S. The Morgan fingerprint density at radius 1 is 1.27 bits per heavy atom. The molecule has 0 spiro atoms. The van der Waals surface area contributed by atoms with E-state index in [1.807, 2.05) is 0 Å². The summed E-state index contributed by atoms with van der Waals surface area (Å²) in [4.78, 5) is 50.2. The molecule has 1 heterocycles. The second-order valence-corrected chi connectivity index (χ2v) is 8.49. The zero-order chi connectivity index (χ0) is 19.3. The molecule has 0 aromatic carbocycles. The quantitative estimate of drug-likeness (QED) is 0.641. The van der Waals surface area contributed by atoms with Crippen molar-refractivity contribution in [2.45, 2.75) is 63.2 Å². The van der Waals surface area contributed by atoms with E-state index in [-0.39, 0.29) is 30.6 Å². The van der Waals surface area contributed by atoms with Crippen LogP contribution in [0.4, 0.5) is 0 Å². The molecule has 146 valence electrons. The average Bonchev–Trinajstić information content (AvgIpc) is 2.88. The van der Waals surface area contributed by atoms with E-state index in [0.29, 0.717) is 18.2 Å². The lowest BCUT2D eigenvalue weighted by molar-refractivity contribution is -0.148. The van der Waals surface area contributed by atoms with Gasteiger partial charge in [0.05, 0.1) is 5.25 Å². The first kappa shape index (κ1) is 20.7. The molecule has 0 aromatic heterocycles. The number of carbonyl (C=O) groups excluding carboxylic acids is 3.